The van der Waals surface area contributed by atoms with Gasteiger partial charge in [0.25, 0.3) is 0 Å². The summed E-state index contributed by atoms with van der Waals surface area (Å²) in [6, 6.07) is 3.54. The molecule has 0 radical (unpaired) electrons. The minimum Gasteiger partial charge on any atom is -0.492 e. The second kappa shape index (κ2) is 7.59. The molecule has 0 saturated heterocycles. The number of halogens is 2. The third-order valence-electron chi connectivity index (χ3n) is 2.23. The van der Waals surface area contributed by atoms with E-state index in [-0.39, 0.29) is 0 Å². The van der Waals surface area contributed by atoms with Crippen LogP contribution >= 0.6 is 23.2 Å². The summed E-state index contributed by atoms with van der Waals surface area (Å²) in [7, 11) is 0. The summed E-state index contributed by atoms with van der Waals surface area (Å²) in [5, 5.41) is 4.40. The molecule has 4 heteroatoms. The SMILES string of the molecule is C=CCNCCCOc1c(C)cc(Cl)cc1Cl. The molecule has 1 aromatic carbocycles. The van der Waals surface area contributed by atoms with Gasteiger partial charge in [0.05, 0.1) is 11.6 Å². The first-order valence-electron chi connectivity index (χ1n) is 5.55. The van der Waals surface area contributed by atoms with Crippen molar-refractivity contribution in [3.8, 4) is 5.75 Å². The van der Waals surface area contributed by atoms with Gasteiger partial charge in [-0.3, -0.25) is 0 Å². The average Bonchev–Trinajstić information content (AvgIpc) is 2.26. The molecular formula is C13H17Cl2NO. The molecule has 0 aliphatic rings. The first-order chi connectivity index (χ1) is 8.15. The lowest BCUT2D eigenvalue weighted by molar-refractivity contribution is 0.307. The van der Waals surface area contributed by atoms with Crippen molar-refractivity contribution in [2.24, 2.45) is 0 Å². The summed E-state index contributed by atoms with van der Waals surface area (Å²) in [5.74, 6) is 0.722. The van der Waals surface area contributed by atoms with E-state index < -0.39 is 0 Å². The van der Waals surface area contributed by atoms with E-state index in [1.165, 1.54) is 0 Å². The van der Waals surface area contributed by atoms with Gasteiger partial charge in [0.2, 0.25) is 0 Å². The lowest BCUT2D eigenvalue weighted by atomic mass is 10.2. The Morgan fingerprint density at radius 3 is 2.82 bits per heavy atom. The van der Waals surface area contributed by atoms with E-state index in [0.717, 1.165) is 30.8 Å². The van der Waals surface area contributed by atoms with Crippen LogP contribution in [0.3, 0.4) is 0 Å². The zero-order valence-corrected chi connectivity index (χ0v) is 11.4. The van der Waals surface area contributed by atoms with E-state index in [4.69, 9.17) is 27.9 Å². The van der Waals surface area contributed by atoms with E-state index in [0.29, 0.717) is 16.7 Å². The van der Waals surface area contributed by atoms with E-state index in [1.54, 1.807) is 6.07 Å². The molecule has 0 aromatic heterocycles. The number of aryl methyl sites for hydroxylation is 1. The van der Waals surface area contributed by atoms with Crippen molar-refractivity contribution in [1.29, 1.82) is 0 Å². The van der Waals surface area contributed by atoms with Crippen LogP contribution in [0.4, 0.5) is 0 Å². The highest BCUT2D eigenvalue weighted by Gasteiger charge is 2.06. The third kappa shape index (κ3) is 4.99. The van der Waals surface area contributed by atoms with Crippen LogP contribution in [-0.2, 0) is 0 Å². The van der Waals surface area contributed by atoms with Gasteiger partial charge in [-0.05, 0) is 37.6 Å². The zero-order chi connectivity index (χ0) is 12.7. The predicted octanol–water partition coefficient (Wildman–Crippen LogP) is 3.85. The standard InChI is InChI=1S/C13H17Cl2NO/c1-3-5-16-6-4-7-17-13-10(2)8-11(14)9-12(13)15/h3,8-9,16H,1,4-7H2,2H3. The monoisotopic (exact) mass is 273 g/mol. The lowest BCUT2D eigenvalue weighted by Gasteiger charge is -2.11. The van der Waals surface area contributed by atoms with Crippen molar-refractivity contribution >= 4 is 23.2 Å². The summed E-state index contributed by atoms with van der Waals surface area (Å²) in [4.78, 5) is 0. The number of nitrogens with one attached hydrogen (secondary N) is 1. The smallest absolute Gasteiger partial charge is 0.140 e. The van der Waals surface area contributed by atoms with Crippen LogP contribution in [0.15, 0.2) is 24.8 Å². The van der Waals surface area contributed by atoms with Gasteiger partial charge in [-0.15, -0.1) is 6.58 Å². The molecule has 0 aliphatic carbocycles. The number of benzene rings is 1. The molecule has 2 nitrogen and oxygen atoms in total. The second-order valence-corrected chi connectivity index (χ2v) is 4.57. The normalized spacial score (nSPS) is 10.3. The summed E-state index contributed by atoms with van der Waals surface area (Å²) in [6.45, 7) is 7.92. The molecule has 0 aliphatic heterocycles. The van der Waals surface area contributed by atoms with Gasteiger partial charge in [-0.25, -0.2) is 0 Å². The summed E-state index contributed by atoms with van der Waals surface area (Å²) < 4.78 is 5.65. The first kappa shape index (κ1) is 14.4. The summed E-state index contributed by atoms with van der Waals surface area (Å²) in [6.07, 6.45) is 2.76. The minimum atomic E-state index is 0.564. The van der Waals surface area contributed by atoms with Crippen LogP contribution in [0.2, 0.25) is 10.0 Å². The molecule has 1 rings (SSSR count). The van der Waals surface area contributed by atoms with Crippen molar-refractivity contribution in [3.63, 3.8) is 0 Å². The Bertz CT molecular complexity index is 357. The number of rotatable bonds is 7. The zero-order valence-electron chi connectivity index (χ0n) is 9.93. The molecular weight excluding hydrogens is 257 g/mol. The fourth-order valence-corrected chi connectivity index (χ4v) is 2.10. The summed E-state index contributed by atoms with van der Waals surface area (Å²) in [5.41, 5.74) is 0.960. The highest BCUT2D eigenvalue weighted by Crippen LogP contribution is 2.31. The highest BCUT2D eigenvalue weighted by molar-refractivity contribution is 6.35. The third-order valence-corrected chi connectivity index (χ3v) is 2.73. The van der Waals surface area contributed by atoms with E-state index in [2.05, 4.69) is 11.9 Å². The van der Waals surface area contributed by atoms with Gasteiger partial charge >= 0.3 is 0 Å². The average molecular weight is 274 g/mol. The van der Waals surface area contributed by atoms with Crippen LogP contribution in [0.1, 0.15) is 12.0 Å². The van der Waals surface area contributed by atoms with Gasteiger partial charge in [0.1, 0.15) is 5.75 Å². The molecule has 0 saturated carbocycles. The molecule has 0 bridgehead atoms. The van der Waals surface area contributed by atoms with Crippen molar-refractivity contribution in [2.45, 2.75) is 13.3 Å². The first-order valence-corrected chi connectivity index (χ1v) is 6.30. The molecule has 1 N–H and O–H groups in total. The minimum absolute atomic E-state index is 0.564. The number of hydrogen-bond donors (Lipinski definition) is 1. The highest BCUT2D eigenvalue weighted by atomic mass is 35.5. The molecule has 0 fully saturated rings. The Labute approximate surface area is 113 Å². The molecule has 0 atom stereocenters. The Morgan fingerprint density at radius 1 is 1.41 bits per heavy atom. The van der Waals surface area contributed by atoms with Crippen LogP contribution in [0, 0.1) is 6.92 Å². The van der Waals surface area contributed by atoms with Crippen LogP contribution in [0.5, 0.6) is 5.75 Å². The van der Waals surface area contributed by atoms with Gasteiger partial charge in [0, 0.05) is 11.6 Å². The predicted molar refractivity (Wildman–Crippen MR) is 74.4 cm³/mol. The maximum atomic E-state index is 6.06. The fourth-order valence-electron chi connectivity index (χ4n) is 1.45. The Hall–Kier alpha value is -0.700. The van der Waals surface area contributed by atoms with Gasteiger partial charge in [-0.1, -0.05) is 29.3 Å². The molecule has 0 spiro atoms. The Balaban J connectivity index is 2.39. The van der Waals surface area contributed by atoms with Crippen molar-refractivity contribution in [1.82, 2.24) is 5.32 Å². The molecule has 94 valence electrons. The van der Waals surface area contributed by atoms with Gasteiger partial charge in [-0.2, -0.15) is 0 Å². The Morgan fingerprint density at radius 2 is 2.18 bits per heavy atom. The maximum absolute atomic E-state index is 6.06. The maximum Gasteiger partial charge on any atom is 0.140 e. The van der Waals surface area contributed by atoms with Crippen LogP contribution in [0.25, 0.3) is 0 Å². The molecule has 0 heterocycles. The molecule has 1 aromatic rings. The Kier molecular flexibility index (Phi) is 6.41. The molecule has 17 heavy (non-hydrogen) atoms. The quantitative estimate of drug-likeness (QED) is 0.602. The largest absolute Gasteiger partial charge is 0.492 e. The van der Waals surface area contributed by atoms with Crippen LogP contribution in [-0.4, -0.2) is 19.7 Å². The number of hydrogen-bond acceptors (Lipinski definition) is 2. The molecule has 0 amide bonds. The van der Waals surface area contributed by atoms with E-state index >= 15 is 0 Å². The second-order valence-electron chi connectivity index (χ2n) is 3.73. The van der Waals surface area contributed by atoms with Crippen molar-refractivity contribution < 1.29 is 4.74 Å². The van der Waals surface area contributed by atoms with E-state index in [9.17, 15) is 0 Å². The lowest BCUT2D eigenvalue weighted by Crippen LogP contribution is -2.17. The number of ether oxygens (including phenoxy) is 1. The van der Waals surface area contributed by atoms with Gasteiger partial charge < -0.3 is 10.1 Å². The molecule has 0 unspecified atom stereocenters. The fraction of sp³-hybridized carbons (Fsp3) is 0.385. The van der Waals surface area contributed by atoms with Crippen molar-refractivity contribution in [3.05, 3.63) is 40.4 Å². The topological polar surface area (TPSA) is 21.3 Å². The van der Waals surface area contributed by atoms with Gasteiger partial charge in [0.15, 0.2) is 0 Å². The van der Waals surface area contributed by atoms with Crippen LogP contribution < -0.4 is 10.1 Å². The van der Waals surface area contributed by atoms with E-state index in [1.807, 2.05) is 19.1 Å². The summed E-state index contributed by atoms with van der Waals surface area (Å²) >= 11 is 11.9. The van der Waals surface area contributed by atoms with Crippen molar-refractivity contribution in [2.75, 3.05) is 19.7 Å².